The molecular formula is C17H20ClN4O2S+. The lowest BCUT2D eigenvalue weighted by Crippen LogP contribution is -2.61. The number of likely N-dealkylation sites (N-methyl/N-ethyl adjacent to an activating group) is 2. The molecule has 0 radical (unpaired) electrons. The van der Waals surface area contributed by atoms with Crippen molar-refractivity contribution in [2.75, 3.05) is 14.1 Å². The van der Waals surface area contributed by atoms with Crippen molar-refractivity contribution in [2.24, 2.45) is 4.99 Å². The average molecular weight is 380 g/mol. The van der Waals surface area contributed by atoms with E-state index in [1.54, 1.807) is 18.8 Å². The van der Waals surface area contributed by atoms with Gasteiger partial charge in [-0.05, 0) is 22.8 Å². The van der Waals surface area contributed by atoms with Gasteiger partial charge in [0.2, 0.25) is 0 Å². The molecule has 25 heavy (non-hydrogen) atoms. The first-order valence-electron chi connectivity index (χ1n) is 7.98. The second kappa shape index (κ2) is 6.80. The zero-order chi connectivity index (χ0) is 18.3. The number of rotatable bonds is 3. The molecule has 132 valence electrons. The van der Waals surface area contributed by atoms with Crippen LogP contribution in [0.15, 0.2) is 29.3 Å². The van der Waals surface area contributed by atoms with Crippen molar-refractivity contribution in [1.29, 1.82) is 0 Å². The minimum absolute atomic E-state index is 0.270. The fourth-order valence-corrected chi connectivity index (χ4v) is 3.92. The number of urea groups is 1. The van der Waals surface area contributed by atoms with E-state index in [4.69, 9.17) is 11.6 Å². The molecule has 3 amide bonds. The first-order valence-corrected chi connectivity index (χ1v) is 9.24. The first-order chi connectivity index (χ1) is 11.8. The second-order valence-corrected chi connectivity index (χ2v) is 8.23. The Balaban J connectivity index is 2.05. The van der Waals surface area contributed by atoms with Gasteiger partial charge in [0.25, 0.3) is 17.8 Å². The van der Waals surface area contributed by atoms with E-state index in [1.165, 1.54) is 11.9 Å². The van der Waals surface area contributed by atoms with Gasteiger partial charge in [-0.2, -0.15) is 0 Å². The highest BCUT2D eigenvalue weighted by molar-refractivity contribution is 8.14. The largest absolute Gasteiger partial charge is 0.358 e. The van der Waals surface area contributed by atoms with Crippen LogP contribution in [0, 0.1) is 0 Å². The molecule has 1 saturated heterocycles. The second-order valence-electron chi connectivity index (χ2n) is 6.28. The SMILES string of the molecule is CC(C)SC1=[N+](Cc2ccccc2Cl)C2C(=O)N(C)C(=O)N(C)C2=N1. The van der Waals surface area contributed by atoms with Crippen LogP contribution in [0.4, 0.5) is 4.79 Å². The van der Waals surface area contributed by atoms with E-state index in [2.05, 4.69) is 18.8 Å². The molecule has 6 nitrogen and oxygen atoms in total. The molecule has 0 aliphatic carbocycles. The minimum Gasteiger partial charge on any atom is -0.269 e. The number of nitrogens with zero attached hydrogens (tertiary/aromatic N) is 4. The lowest BCUT2D eigenvalue weighted by Gasteiger charge is -2.30. The zero-order valence-electron chi connectivity index (χ0n) is 14.6. The van der Waals surface area contributed by atoms with Crippen molar-refractivity contribution in [3.05, 3.63) is 34.9 Å². The Morgan fingerprint density at radius 1 is 1.24 bits per heavy atom. The van der Waals surface area contributed by atoms with Gasteiger partial charge in [-0.15, -0.1) is 0 Å². The van der Waals surface area contributed by atoms with Crippen molar-refractivity contribution in [2.45, 2.75) is 31.7 Å². The Hall–Kier alpha value is -1.86. The molecule has 1 fully saturated rings. The summed E-state index contributed by atoms with van der Waals surface area (Å²) in [6, 6.07) is 6.58. The molecule has 1 aromatic carbocycles. The van der Waals surface area contributed by atoms with E-state index < -0.39 is 6.04 Å². The summed E-state index contributed by atoms with van der Waals surface area (Å²) in [6.45, 7) is 4.58. The maximum absolute atomic E-state index is 12.8. The third-order valence-electron chi connectivity index (χ3n) is 4.13. The Morgan fingerprint density at radius 2 is 1.92 bits per heavy atom. The third kappa shape index (κ3) is 3.18. The maximum atomic E-state index is 12.8. The summed E-state index contributed by atoms with van der Waals surface area (Å²) in [5.74, 6) is 0.205. The van der Waals surface area contributed by atoms with E-state index in [0.717, 1.165) is 15.6 Å². The molecule has 8 heteroatoms. The number of aliphatic imine (C=N–C) groups is 1. The minimum atomic E-state index is -0.606. The van der Waals surface area contributed by atoms with Crippen LogP contribution in [0.25, 0.3) is 0 Å². The third-order valence-corrected chi connectivity index (χ3v) is 5.51. The smallest absolute Gasteiger partial charge is 0.269 e. The van der Waals surface area contributed by atoms with Crippen molar-refractivity contribution in [3.8, 4) is 0 Å². The van der Waals surface area contributed by atoms with Crippen LogP contribution in [0.5, 0.6) is 0 Å². The number of hydrogen-bond donors (Lipinski definition) is 0. The number of carbonyl (C=O) groups excluding carboxylic acids is 2. The van der Waals surface area contributed by atoms with Crippen molar-refractivity contribution in [3.63, 3.8) is 0 Å². The van der Waals surface area contributed by atoms with E-state index in [-0.39, 0.29) is 11.9 Å². The van der Waals surface area contributed by atoms with Gasteiger partial charge in [0.05, 0.1) is 0 Å². The van der Waals surface area contributed by atoms with Gasteiger partial charge in [-0.3, -0.25) is 14.6 Å². The van der Waals surface area contributed by atoms with Crippen LogP contribution >= 0.6 is 23.4 Å². The summed E-state index contributed by atoms with van der Waals surface area (Å²) in [5, 5.41) is 1.67. The molecule has 0 N–H and O–H groups in total. The van der Waals surface area contributed by atoms with Gasteiger partial charge in [-0.25, -0.2) is 9.37 Å². The average Bonchev–Trinajstić information content (AvgIpc) is 2.91. The van der Waals surface area contributed by atoms with Crippen molar-refractivity contribution < 1.29 is 14.2 Å². The number of hydrogen-bond acceptors (Lipinski definition) is 4. The van der Waals surface area contributed by atoms with E-state index in [9.17, 15) is 9.59 Å². The fraction of sp³-hybridized carbons (Fsp3) is 0.412. The summed E-state index contributed by atoms with van der Waals surface area (Å²) in [7, 11) is 3.15. The summed E-state index contributed by atoms with van der Waals surface area (Å²) in [5.41, 5.74) is 0.914. The van der Waals surface area contributed by atoms with Gasteiger partial charge in [-0.1, -0.05) is 43.6 Å². The monoisotopic (exact) mass is 379 g/mol. The number of imide groups is 1. The Labute approximate surface area is 156 Å². The molecule has 0 spiro atoms. The molecule has 1 aromatic rings. The van der Waals surface area contributed by atoms with Crippen LogP contribution in [0.1, 0.15) is 19.4 Å². The predicted molar refractivity (Wildman–Crippen MR) is 100 cm³/mol. The van der Waals surface area contributed by atoms with Gasteiger partial charge in [0.15, 0.2) is 0 Å². The van der Waals surface area contributed by atoms with Gasteiger partial charge in [0, 0.05) is 29.9 Å². The molecule has 1 unspecified atom stereocenters. The lowest BCUT2D eigenvalue weighted by molar-refractivity contribution is -0.548. The number of carbonyl (C=O) groups is 2. The molecule has 0 saturated carbocycles. The number of benzene rings is 1. The van der Waals surface area contributed by atoms with Crippen LogP contribution in [0.3, 0.4) is 0 Å². The van der Waals surface area contributed by atoms with Crippen molar-refractivity contribution in [1.82, 2.24) is 9.80 Å². The quantitative estimate of drug-likeness (QED) is 0.758. The number of thioether (sulfide) groups is 1. The maximum Gasteiger partial charge on any atom is 0.358 e. The number of halogens is 1. The van der Waals surface area contributed by atoms with Gasteiger partial charge < -0.3 is 0 Å². The fourth-order valence-electron chi connectivity index (χ4n) is 2.85. The molecule has 0 bridgehead atoms. The lowest BCUT2D eigenvalue weighted by atomic mass is 10.1. The van der Waals surface area contributed by atoms with Gasteiger partial charge >= 0.3 is 11.2 Å². The molecular weight excluding hydrogens is 360 g/mol. The highest BCUT2D eigenvalue weighted by atomic mass is 35.5. The number of fused-ring (bicyclic) bond motifs is 1. The normalized spacial score (nSPS) is 20.6. The zero-order valence-corrected chi connectivity index (χ0v) is 16.1. The first kappa shape index (κ1) is 17.9. The molecule has 0 aromatic heterocycles. The highest BCUT2D eigenvalue weighted by Gasteiger charge is 2.53. The molecule has 2 heterocycles. The molecule has 2 aliphatic rings. The van der Waals surface area contributed by atoms with Gasteiger partial charge in [0.1, 0.15) is 6.54 Å². The van der Waals surface area contributed by atoms with Crippen LogP contribution in [-0.2, 0) is 11.3 Å². The summed E-state index contributed by atoms with van der Waals surface area (Å²) in [4.78, 5) is 32.2. The van der Waals surface area contributed by atoms with Crippen LogP contribution in [0.2, 0.25) is 5.02 Å². The molecule has 2 aliphatic heterocycles. The van der Waals surface area contributed by atoms with E-state index >= 15 is 0 Å². The Morgan fingerprint density at radius 3 is 2.56 bits per heavy atom. The summed E-state index contributed by atoms with van der Waals surface area (Å²) >= 11 is 7.88. The van der Waals surface area contributed by atoms with E-state index in [1.807, 2.05) is 28.8 Å². The topological polar surface area (TPSA) is 56.0 Å². The number of amidine groups is 2. The van der Waals surface area contributed by atoms with Crippen molar-refractivity contribution >= 4 is 46.3 Å². The van der Waals surface area contributed by atoms with E-state index in [0.29, 0.717) is 22.7 Å². The van der Waals surface area contributed by atoms with Crippen LogP contribution in [-0.4, -0.2) is 62.7 Å². The standard InChI is InChI=1S/C17H20ClN4O2S/c1-10(2)25-16-19-14-13(15(23)21(4)17(24)20(14)3)22(16)9-11-7-5-6-8-12(11)18/h5-8,10,13H,9H2,1-4H3/q+1. The number of amides is 3. The highest BCUT2D eigenvalue weighted by Crippen LogP contribution is 2.27. The summed E-state index contributed by atoms with van der Waals surface area (Å²) < 4.78 is 1.93. The Kier molecular flexibility index (Phi) is 4.88. The van der Waals surface area contributed by atoms with Crippen LogP contribution < -0.4 is 0 Å². The molecule has 1 atom stereocenters. The Bertz CT molecular complexity index is 806. The predicted octanol–water partition coefficient (Wildman–Crippen LogP) is 2.65. The molecule has 3 rings (SSSR count). The summed E-state index contributed by atoms with van der Waals surface area (Å²) in [6.07, 6.45) is 0.